The predicted octanol–water partition coefficient (Wildman–Crippen LogP) is 13.2. The number of aryl methyl sites for hydroxylation is 1. The summed E-state index contributed by atoms with van der Waals surface area (Å²) >= 11 is 0. The number of hydrogen-bond donors (Lipinski definition) is 0. The second-order valence-corrected chi connectivity index (χ2v) is 15.1. The van der Waals surface area contributed by atoms with E-state index >= 15 is 0 Å². The summed E-state index contributed by atoms with van der Waals surface area (Å²) < 4.78 is 2.44. The minimum absolute atomic E-state index is 0.0662. The van der Waals surface area contributed by atoms with Gasteiger partial charge in [-0.3, -0.25) is 4.98 Å². The van der Waals surface area contributed by atoms with Crippen molar-refractivity contribution in [3.63, 3.8) is 0 Å². The Kier molecular flexibility index (Phi) is 6.60. The van der Waals surface area contributed by atoms with Gasteiger partial charge in [0.1, 0.15) is 0 Å². The highest BCUT2D eigenvalue weighted by atomic mass is 15.0. The maximum absolute atomic E-state index is 4.36. The molecule has 2 heteroatoms. The van der Waals surface area contributed by atoms with Crippen molar-refractivity contribution >= 4 is 49.3 Å². The summed E-state index contributed by atoms with van der Waals surface area (Å²) in [6.45, 7) is 6.92. The summed E-state index contributed by atoms with van der Waals surface area (Å²) in [5.74, 6) is 0. The fourth-order valence-electron chi connectivity index (χ4n) is 8.46. The number of aromatic nitrogens is 2. The lowest BCUT2D eigenvalue weighted by Crippen LogP contribution is -2.10. The molecule has 1 aliphatic rings. The van der Waals surface area contributed by atoms with E-state index in [4.69, 9.17) is 0 Å². The molecular weight excluding hydrogens is 617 g/mol. The van der Waals surface area contributed by atoms with Gasteiger partial charge in [-0.15, -0.1) is 0 Å². The molecule has 0 N–H and O–H groups in total. The van der Waals surface area contributed by atoms with Crippen LogP contribution in [0.2, 0.25) is 0 Å². The normalized spacial score (nSPS) is 13.2. The van der Waals surface area contributed by atoms with Gasteiger partial charge < -0.3 is 4.57 Å². The Morgan fingerprint density at radius 1 is 0.588 bits per heavy atom. The topological polar surface area (TPSA) is 17.8 Å². The second-order valence-electron chi connectivity index (χ2n) is 15.1. The summed E-state index contributed by atoms with van der Waals surface area (Å²) in [5.41, 5.74) is 14.0. The van der Waals surface area contributed by atoms with Crippen LogP contribution in [0, 0.1) is 0 Å². The molecule has 0 fully saturated rings. The monoisotopic (exact) mass is 654 g/mol. The fourth-order valence-corrected chi connectivity index (χ4v) is 8.46. The number of rotatable bonds is 4. The first-order valence-electron chi connectivity index (χ1n) is 18.1. The summed E-state index contributed by atoms with van der Waals surface area (Å²) in [5, 5.41) is 9.26. The zero-order chi connectivity index (χ0) is 34.3. The third kappa shape index (κ3) is 4.74. The summed E-state index contributed by atoms with van der Waals surface area (Å²) in [7, 11) is 0. The van der Waals surface area contributed by atoms with Crippen LogP contribution in [0.1, 0.15) is 44.0 Å². The van der Waals surface area contributed by atoms with E-state index in [0.29, 0.717) is 0 Å². The van der Waals surface area contributed by atoms with E-state index in [1.807, 2.05) is 18.5 Å². The standard InChI is InChI=1S/C49H38N2/c1-49(2,3)37-26-34-19-22-40-42(32-17-15-31(16-18-32)36-10-9-25-50-30-36)29-43(41-23-20-35(27-37)47(34)48(40)41)33-21-24-46-44(28-33)39-13-7-8-14-45(39)51(46)38-11-5-4-6-12-38/h4-6,8-12,14-30H,7,13H2,1-3H3. The number of hydrogen-bond acceptors (Lipinski definition) is 1. The number of pyridine rings is 1. The third-order valence-electron chi connectivity index (χ3n) is 11.0. The Bertz CT molecular complexity index is 2780. The SMILES string of the molecule is CC(C)(C)c1cc2ccc3c(-c4ccc(-c5cccnc5)cc4)cc(-c4ccc5c(c4)c4c(n5-c5ccccc5)C=CCC4)c4ccc(c1)c2c34. The lowest BCUT2D eigenvalue weighted by Gasteiger charge is -2.23. The van der Waals surface area contributed by atoms with E-state index in [9.17, 15) is 0 Å². The molecule has 51 heavy (non-hydrogen) atoms. The van der Waals surface area contributed by atoms with Crippen molar-refractivity contribution < 1.29 is 0 Å². The second kappa shape index (κ2) is 11.3. The maximum atomic E-state index is 4.36. The highest BCUT2D eigenvalue weighted by Crippen LogP contribution is 2.46. The smallest absolute Gasteiger partial charge is 0.0538 e. The van der Waals surface area contributed by atoms with Gasteiger partial charge in [0, 0.05) is 29.2 Å². The van der Waals surface area contributed by atoms with Gasteiger partial charge in [0.25, 0.3) is 0 Å². The minimum atomic E-state index is 0.0662. The molecule has 9 aromatic rings. The minimum Gasteiger partial charge on any atom is -0.310 e. The lowest BCUT2D eigenvalue weighted by atomic mass is 9.81. The summed E-state index contributed by atoms with van der Waals surface area (Å²) in [6, 6.07) is 47.8. The van der Waals surface area contributed by atoms with Gasteiger partial charge in [-0.2, -0.15) is 0 Å². The van der Waals surface area contributed by atoms with E-state index in [1.54, 1.807) is 0 Å². The Balaban J connectivity index is 1.25. The van der Waals surface area contributed by atoms with Crippen LogP contribution in [0.4, 0.5) is 0 Å². The molecule has 0 aliphatic heterocycles. The molecule has 10 rings (SSSR count). The molecule has 0 saturated heterocycles. The number of benzene rings is 7. The number of para-hydroxylation sites is 1. The lowest BCUT2D eigenvalue weighted by molar-refractivity contribution is 0.591. The van der Waals surface area contributed by atoms with Gasteiger partial charge in [0.2, 0.25) is 0 Å². The van der Waals surface area contributed by atoms with Crippen molar-refractivity contribution in [2.45, 2.75) is 39.0 Å². The fraction of sp³-hybridized carbons (Fsp3) is 0.122. The summed E-state index contributed by atoms with van der Waals surface area (Å²) in [6.07, 6.45) is 10.5. The van der Waals surface area contributed by atoms with Crippen molar-refractivity contribution in [3.05, 3.63) is 163 Å². The molecule has 244 valence electrons. The van der Waals surface area contributed by atoms with Crippen molar-refractivity contribution in [1.29, 1.82) is 0 Å². The molecule has 2 aromatic heterocycles. The van der Waals surface area contributed by atoms with Crippen LogP contribution in [-0.2, 0) is 11.8 Å². The van der Waals surface area contributed by atoms with Crippen molar-refractivity contribution in [2.75, 3.05) is 0 Å². The average molecular weight is 655 g/mol. The van der Waals surface area contributed by atoms with E-state index < -0.39 is 0 Å². The quantitative estimate of drug-likeness (QED) is 0.173. The average Bonchev–Trinajstić information content (AvgIpc) is 3.50. The Hall–Kier alpha value is -5.99. The van der Waals surface area contributed by atoms with Crippen LogP contribution in [0.3, 0.4) is 0 Å². The Morgan fingerprint density at radius 3 is 2.00 bits per heavy atom. The van der Waals surface area contributed by atoms with Crippen LogP contribution in [0.25, 0.3) is 88.4 Å². The molecule has 0 spiro atoms. The van der Waals surface area contributed by atoms with E-state index in [2.05, 4.69) is 164 Å². The molecule has 0 saturated carbocycles. The van der Waals surface area contributed by atoms with E-state index in [1.165, 1.54) is 93.5 Å². The predicted molar refractivity (Wildman–Crippen MR) is 217 cm³/mol. The Morgan fingerprint density at radius 2 is 1.29 bits per heavy atom. The van der Waals surface area contributed by atoms with Gasteiger partial charge in [-0.1, -0.05) is 118 Å². The highest BCUT2D eigenvalue weighted by molar-refractivity contribution is 6.28. The first-order chi connectivity index (χ1) is 24.9. The van der Waals surface area contributed by atoms with Crippen LogP contribution in [-0.4, -0.2) is 9.55 Å². The van der Waals surface area contributed by atoms with Gasteiger partial charge in [0.15, 0.2) is 0 Å². The highest BCUT2D eigenvalue weighted by Gasteiger charge is 2.22. The van der Waals surface area contributed by atoms with Gasteiger partial charge in [-0.25, -0.2) is 0 Å². The van der Waals surface area contributed by atoms with Gasteiger partial charge >= 0.3 is 0 Å². The molecule has 2 heterocycles. The van der Waals surface area contributed by atoms with Gasteiger partial charge in [-0.05, 0) is 138 Å². The molecular formula is C49H38N2. The van der Waals surface area contributed by atoms with Crippen LogP contribution >= 0.6 is 0 Å². The molecule has 0 radical (unpaired) electrons. The first-order valence-corrected chi connectivity index (χ1v) is 18.1. The Labute approximate surface area is 298 Å². The number of nitrogens with zero attached hydrogens (tertiary/aromatic N) is 2. The van der Waals surface area contributed by atoms with Crippen LogP contribution in [0.5, 0.6) is 0 Å². The third-order valence-corrected chi connectivity index (χ3v) is 11.0. The molecule has 0 amide bonds. The van der Waals surface area contributed by atoms with Crippen molar-refractivity contribution in [1.82, 2.24) is 9.55 Å². The molecule has 1 aliphatic carbocycles. The van der Waals surface area contributed by atoms with E-state index in [0.717, 1.165) is 18.4 Å². The zero-order valence-electron chi connectivity index (χ0n) is 29.2. The molecule has 7 aromatic carbocycles. The van der Waals surface area contributed by atoms with Crippen LogP contribution in [0.15, 0.2) is 146 Å². The van der Waals surface area contributed by atoms with Gasteiger partial charge in [0.05, 0.1) is 5.52 Å². The van der Waals surface area contributed by atoms with Crippen LogP contribution < -0.4 is 0 Å². The molecule has 0 unspecified atom stereocenters. The van der Waals surface area contributed by atoms with Crippen molar-refractivity contribution in [3.8, 4) is 39.1 Å². The first kappa shape index (κ1) is 29.9. The molecule has 0 atom stereocenters. The number of fused-ring (bicyclic) bond motifs is 3. The van der Waals surface area contributed by atoms with Crippen molar-refractivity contribution in [2.24, 2.45) is 0 Å². The largest absolute Gasteiger partial charge is 0.310 e. The number of allylic oxidation sites excluding steroid dienone is 1. The maximum Gasteiger partial charge on any atom is 0.0538 e. The molecule has 2 nitrogen and oxygen atoms in total. The zero-order valence-corrected chi connectivity index (χ0v) is 29.2. The summed E-state index contributed by atoms with van der Waals surface area (Å²) in [4.78, 5) is 4.36. The van der Waals surface area contributed by atoms with E-state index in [-0.39, 0.29) is 5.41 Å². The molecule has 0 bridgehead atoms.